The standard InChI is InChI=1S/C29H50/c1-3-5-7-9-11-25-14-18-27(19-15-25)29-22-20-28(21-23-29)26-16-12-24(13-17-26)10-8-6-4-2/h20-22,24-27,29H,3-19,23H2,1-2H3. The van der Waals surface area contributed by atoms with Gasteiger partial charge in [-0.05, 0) is 80.1 Å². The first kappa shape index (κ1) is 23.1. The number of hydrogen-bond donors (Lipinski definition) is 0. The third-order valence-corrected chi connectivity index (χ3v) is 8.66. The van der Waals surface area contributed by atoms with Crippen molar-refractivity contribution < 1.29 is 0 Å². The fourth-order valence-electron chi connectivity index (χ4n) is 6.54. The maximum Gasteiger partial charge on any atom is -0.0165 e. The van der Waals surface area contributed by atoms with Crippen molar-refractivity contribution in [2.24, 2.45) is 29.6 Å². The number of unbranched alkanes of at least 4 members (excludes halogenated alkanes) is 5. The normalized spacial score (nSPS) is 32.9. The van der Waals surface area contributed by atoms with Crippen LogP contribution in [-0.2, 0) is 0 Å². The molecular weight excluding hydrogens is 348 g/mol. The average molecular weight is 399 g/mol. The van der Waals surface area contributed by atoms with Gasteiger partial charge < -0.3 is 0 Å². The predicted molar refractivity (Wildman–Crippen MR) is 129 cm³/mol. The molecule has 2 saturated carbocycles. The summed E-state index contributed by atoms with van der Waals surface area (Å²) in [5.74, 6) is 4.80. The van der Waals surface area contributed by atoms with E-state index in [0.717, 1.165) is 29.6 Å². The van der Waals surface area contributed by atoms with Gasteiger partial charge >= 0.3 is 0 Å². The molecule has 2 fully saturated rings. The lowest BCUT2D eigenvalue weighted by atomic mass is 9.71. The highest BCUT2D eigenvalue weighted by molar-refractivity contribution is 5.27. The molecule has 1 unspecified atom stereocenters. The summed E-state index contributed by atoms with van der Waals surface area (Å²) in [5, 5.41) is 0. The zero-order valence-corrected chi connectivity index (χ0v) is 19.8. The second-order valence-electron chi connectivity index (χ2n) is 10.8. The van der Waals surface area contributed by atoms with Gasteiger partial charge in [0, 0.05) is 0 Å². The van der Waals surface area contributed by atoms with Crippen molar-refractivity contribution in [1.82, 2.24) is 0 Å². The summed E-state index contributed by atoms with van der Waals surface area (Å²) in [6, 6.07) is 0. The van der Waals surface area contributed by atoms with Crippen molar-refractivity contribution in [3.05, 3.63) is 23.8 Å². The van der Waals surface area contributed by atoms with Gasteiger partial charge in [0.1, 0.15) is 0 Å². The first-order chi connectivity index (χ1) is 14.3. The fourth-order valence-corrected chi connectivity index (χ4v) is 6.54. The van der Waals surface area contributed by atoms with Crippen LogP contribution >= 0.6 is 0 Å². The molecule has 0 N–H and O–H groups in total. The Balaban J connectivity index is 1.33. The smallest absolute Gasteiger partial charge is 0.0165 e. The highest BCUT2D eigenvalue weighted by Gasteiger charge is 2.28. The monoisotopic (exact) mass is 398 g/mol. The Morgan fingerprint density at radius 3 is 1.86 bits per heavy atom. The molecule has 0 aromatic carbocycles. The van der Waals surface area contributed by atoms with Crippen molar-refractivity contribution in [2.45, 2.75) is 129 Å². The zero-order valence-electron chi connectivity index (χ0n) is 19.8. The number of rotatable bonds is 11. The highest BCUT2D eigenvalue weighted by Crippen LogP contribution is 2.41. The molecule has 0 heteroatoms. The Bertz CT molecular complexity index is 482. The van der Waals surface area contributed by atoms with Gasteiger partial charge in [0.15, 0.2) is 0 Å². The van der Waals surface area contributed by atoms with Crippen LogP contribution in [0.5, 0.6) is 0 Å². The van der Waals surface area contributed by atoms with Crippen LogP contribution < -0.4 is 0 Å². The zero-order chi connectivity index (χ0) is 20.3. The van der Waals surface area contributed by atoms with Gasteiger partial charge in [-0.25, -0.2) is 0 Å². The highest BCUT2D eigenvalue weighted by atomic mass is 14.3. The first-order valence-electron chi connectivity index (χ1n) is 13.7. The summed E-state index contributed by atoms with van der Waals surface area (Å²) in [5.41, 5.74) is 1.71. The summed E-state index contributed by atoms with van der Waals surface area (Å²) >= 11 is 0. The van der Waals surface area contributed by atoms with Gasteiger partial charge in [0.25, 0.3) is 0 Å². The number of allylic oxidation sites excluding steroid dienone is 4. The minimum atomic E-state index is 0.852. The second kappa shape index (κ2) is 13.0. The van der Waals surface area contributed by atoms with Gasteiger partial charge in [-0.2, -0.15) is 0 Å². The third kappa shape index (κ3) is 7.59. The minimum Gasteiger partial charge on any atom is -0.0806 e. The summed E-state index contributed by atoms with van der Waals surface area (Å²) in [6.07, 6.45) is 34.2. The van der Waals surface area contributed by atoms with E-state index in [-0.39, 0.29) is 0 Å². The molecule has 0 heterocycles. The Hall–Kier alpha value is -0.520. The first-order valence-corrected chi connectivity index (χ1v) is 13.7. The quantitative estimate of drug-likeness (QED) is 0.304. The summed E-state index contributed by atoms with van der Waals surface area (Å²) in [7, 11) is 0. The van der Waals surface area contributed by atoms with Crippen LogP contribution in [0, 0.1) is 29.6 Å². The van der Waals surface area contributed by atoms with E-state index in [1.54, 1.807) is 5.57 Å². The lowest BCUT2D eigenvalue weighted by Crippen LogP contribution is -2.22. The Morgan fingerprint density at radius 1 is 0.690 bits per heavy atom. The topological polar surface area (TPSA) is 0 Å². The molecule has 0 saturated heterocycles. The molecule has 0 nitrogen and oxygen atoms in total. The third-order valence-electron chi connectivity index (χ3n) is 8.66. The van der Waals surface area contributed by atoms with Gasteiger partial charge in [0.2, 0.25) is 0 Å². The Labute approximate surface area is 183 Å². The molecule has 3 aliphatic carbocycles. The van der Waals surface area contributed by atoms with Crippen LogP contribution in [0.3, 0.4) is 0 Å². The van der Waals surface area contributed by atoms with Crippen molar-refractivity contribution in [3.63, 3.8) is 0 Å². The molecule has 166 valence electrons. The van der Waals surface area contributed by atoms with E-state index in [9.17, 15) is 0 Å². The second-order valence-corrected chi connectivity index (χ2v) is 10.8. The molecule has 0 amide bonds. The summed E-state index contributed by atoms with van der Waals surface area (Å²) in [4.78, 5) is 0. The minimum absolute atomic E-state index is 0.852. The van der Waals surface area contributed by atoms with Crippen molar-refractivity contribution >= 4 is 0 Å². The molecule has 0 aromatic heterocycles. The molecule has 0 aromatic rings. The van der Waals surface area contributed by atoms with Crippen LogP contribution in [0.1, 0.15) is 129 Å². The van der Waals surface area contributed by atoms with E-state index >= 15 is 0 Å². The Kier molecular flexibility index (Phi) is 10.4. The van der Waals surface area contributed by atoms with Crippen LogP contribution in [0.15, 0.2) is 23.8 Å². The molecule has 0 bridgehead atoms. The van der Waals surface area contributed by atoms with E-state index in [4.69, 9.17) is 0 Å². The van der Waals surface area contributed by atoms with Gasteiger partial charge in [0.05, 0.1) is 0 Å². The van der Waals surface area contributed by atoms with Crippen molar-refractivity contribution in [3.8, 4) is 0 Å². The molecule has 0 aliphatic heterocycles. The Morgan fingerprint density at radius 2 is 1.28 bits per heavy atom. The van der Waals surface area contributed by atoms with Crippen molar-refractivity contribution in [2.75, 3.05) is 0 Å². The van der Waals surface area contributed by atoms with Gasteiger partial charge in [-0.3, -0.25) is 0 Å². The van der Waals surface area contributed by atoms with E-state index < -0.39 is 0 Å². The van der Waals surface area contributed by atoms with E-state index in [2.05, 4.69) is 32.1 Å². The van der Waals surface area contributed by atoms with Crippen LogP contribution in [0.25, 0.3) is 0 Å². The molecule has 3 rings (SSSR count). The fraction of sp³-hybridized carbons (Fsp3) is 0.862. The molecule has 0 spiro atoms. The lowest BCUT2D eigenvalue weighted by Gasteiger charge is -2.35. The average Bonchev–Trinajstić information content (AvgIpc) is 2.78. The van der Waals surface area contributed by atoms with Crippen molar-refractivity contribution in [1.29, 1.82) is 0 Å². The maximum atomic E-state index is 2.66. The largest absolute Gasteiger partial charge is 0.0806 e. The predicted octanol–water partition coefficient (Wildman–Crippen LogP) is 9.65. The van der Waals surface area contributed by atoms with Gasteiger partial charge in [-0.1, -0.05) is 103 Å². The summed E-state index contributed by atoms with van der Waals surface area (Å²) < 4.78 is 0. The number of hydrogen-bond acceptors (Lipinski definition) is 0. The maximum absolute atomic E-state index is 2.66. The van der Waals surface area contributed by atoms with Gasteiger partial charge in [-0.15, -0.1) is 0 Å². The molecule has 1 atom stereocenters. The molecular formula is C29H50. The SMILES string of the molecule is CCCCCCC1CCC(C2C=CC(C3CCC(CCCCC)CC3)=CC2)CC1. The lowest BCUT2D eigenvalue weighted by molar-refractivity contribution is 0.217. The van der Waals surface area contributed by atoms with Crippen LogP contribution in [-0.4, -0.2) is 0 Å². The molecule has 0 radical (unpaired) electrons. The van der Waals surface area contributed by atoms with E-state index in [0.29, 0.717) is 0 Å². The molecule has 3 aliphatic rings. The van der Waals surface area contributed by atoms with Crippen LogP contribution in [0.2, 0.25) is 0 Å². The summed E-state index contributed by atoms with van der Waals surface area (Å²) in [6.45, 7) is 4.65. The van der Waals surface area contributed by atoms with Crippen LogP contribution in [0.4, 0.5) is 0 Å². The van der Waals surface area contributed by atoms with E-state index in [1.165, 1.54) is 116 Å². The van der Waals surface area contributed by atoms with E-state index in [1.807, 2.05) is 0 Å². The molecule has 29 heavy (non-hydrogen) atoms.